The van der Waals surface area contributed by atoms with E-state index in [2.05, 4.69) is 31.1 Å². The third kappa shape index (κ3) is 2.46. The minimum Gasteiger partial charge on any atom is -0.311 e. The van der Waals surface area contributed by atoms with E-state index in [1.165, 1.54) is 44.9 Å². The lowest BCUT2D eigenvalue weighted by atomic mass is 9.79. The fourth-order valence-electron chi connectivity index (χ4n) is 4.76. The molecule has 104 valence electrons. The minimum absolute atomic E-state index is 0.800. The molecule has 1 saturated carbocycles. The zero-order valence-electron chi connectivity index (χ0n) is 12.4. The van der Waals surface area contributed by atoms with Crippen LogP contribution in [0.15, 0.2) is 0 Å². The van der Waals surface area contributed by atoms with Gasteiger partial charge in [-0.3, -0.25) is 0 Å². The van der Waals surface area contributed by atoms with Crippen molar-refractivity contribution in [1.29, 1.82) is 0 Å². The molecule has 1 aliphatic carbocycles. The van der Waals surface area contributed by atoms with E-state index in [-0.39, 0.29) is 0 Å². The summed E-state index contributed by atoms with van der Waals surface area (Å²) in [7, 11) is 2.34. The summed E-state index contributed by atoms with van der Waals surface area (Å²) >= 11 is 0. The molecule has 2 heteroatoms. The second kappa shape index (κ2) is 5.13. The first-order chi connectivity index (χ1) is 8.63. The van der Waals surface area contributed by atoms with Crippen molar-refractivity contribution in [3.63, 3.8) is 0 Å². The third-order valence-electron chi connectivity index (χ3n) is 5.98. The number of nitrogens with zero attached hydrogens (tertiary/aromatic N) is 1. The molecule has 2 aliphatic heterocycles. The molecule has 3 rings (SSSR count). The van der Waals surface area contributed by atoms with Crippen molar-refractivity contribution in [2.24, 2.45) is 11.8 Å². The fraction of sp³-hybridized carbons (Fsp3) is 1.00. The second-order valence-electron chi connectivity index (χ2n) is 7.39. The molecule has 2 heterocycles. The van der Waals surface area contributed by atoms with Crippen molar-refractivity contribution >= 4 is 0 Å². The highest BCUT2D eigenvalue weighted by molar-refractivity contribution is 4.97. The summed E-state index contributed by atoms with van der Waals surface area (Å²) in [6, 6.07) is 3.35. The van der Waals surface area contributed by atoms with Crippen LogP contribution in [0.4, 0.5) is 0 Å². The summed E-state index contributed by atoms with van der Waals surface area (Å²) in [6.07, 6.45) is 9.94. The quantitative estimate of drug-likeness (QED) is 0.810. The van der Waals surface area contributed by atoms with E-state index in [0.717, 1.165) is 36.0 Å². The van der Waals surface area contributed by atoms with Gasteiger partial charge in [0.15, 0.2) is 0 Å². The van der Waals surface area contributed by atoms with Crippen LogP contribution >= 0.6 is 0 Å². The van der Waals surface area contributed by atoms with Gasteiger partial charge in [0.1, 0.15) is 0 Å². The van der Waals surface area contributed by atoms with Crippen LogP contribution in [0.3, 0.4) is 0 Å². The van der Waals surface area contributed by atoms with Crippen LogP contribution in [-0.4, -0.2) is 36.1 Å². The zero-order valence-corrected chi connectivity index (χ0v) is 12.4. The molecule has 0 radical (unpaired) electrons. The van der Waals surface area contributed by atoms with Crippen LogP contribution in [0.25, 0.3) is 0 Å². The predicted octanol–water partition coefficient (Wildman–Crippen LogP) is 3.03. The van der Waals surface area contributed by atoms with Gasteiger partial charge in [-0.05, 0) is 63.8 Å². The highest BCUT2D eigenvalue weighted by atomic mass is 15.2. The van der Waals surface area contributed by atoms with Gasteiger partial charge >= 0.3 is 0 Å². The van der Waals surface area contributed by atoms with Gasteiger partial charge < -0.3 is 10.2 Å². The maximum absolute atomic E-state index is 4.02. The van der Waals surface area contributed by atoms with Gasteiger partial charge in [0.25, 0.3) is 0 Å². The monoisotopic (exact) mass is 250 g/mol. The largest absolute Gasteiger partial charge is 0.311 e. The Kier molecular flexibility index (Phi) is 3.68. The molecule has 0 aromatic carbocycles. The van der Waals surface area contributed by atoms with Gasteiger partial charge in [0.2, 0.25) is 0 Å². The molecule has 2 bridgehead atoms. The van der Waals surface area contributed by atoms with Gasteiger partial charge in [-0.15, -0.1) is 0 Å². The Morgan fingerprint density at radius 3 is 2.17 bits per heavy atom. The Bertz CT molecular complexity index is 277. The molecule has 18 heavy (non-hydrogen) atoms. The van der Waals surface area contributed by atoms with E-state index in [1.807, 2.05) is 0 Å². The lowest BCUT2D eigenvalue weighted by Crippen LogP contribution is -2.52. The third-order valence-corrected chi connectivity index (χ3v) is 5.98. The Labute approximate surface area is 113 Å². The molecule has 1 N–H and O–H groups in total. The van der Waals surface area contributed by atoms with Crippen molar-refractivity contribution in [3.05, 3.63) is 0 Å². The summed E-state index contributed by atoms with van der Waals surface area (Å²) in [4.78, 5) is 2.64. The average Bonchev–Trinajstić information content (AvgIpc) is 2.57. The van der Waals surface area contributed by atoms with Crippen molar-refractivity contribution in [3.8, 4) is 0 Å². The Morgan fingerprint density at radius 2 is 1.56 bits per heavy atom. The molecule has 0 aromatic rings. The Morgan fingerprint density at radius 1 is 0.889 bits per heavy atom. The number of hydrogen-bond donors (Lipinski definition) is 1. The van der Waals surface area contributed by atoms with Crippen molar-refractivity contribution < 1.29 is 0 Å². The molecule has 0 aromatic heterocycles. The minimum atomic E-state index is 0.800. The predicted molar refractivity (Wildman–Crippen MR) is 76.7 cm³/mol. The van der Waals surface area contributed by atoms with Crippen LogP contribution in [-0.2, 0) is 0 Å². The van der Waals surface area contributed by atoms with E-state index < -0.39 is 0 Å². The second-order valence-corrected chi connectivity index (χ2v) is 7.39. The smallest absolute Gasteiger partial charge is 0.0111 e. The first-order valence-electron chi connectivity index (χ1n) is 8.11. The zero-order chi connectivity index (χ0) is 12.7. The molecular formula is C16H30N2. The highest BCUT2D eigenvalue weighted by Crippen LogP contribution is 2.36. The summed E-state index contributed by atoms with van der Waals surface area (Å²) < 4.78 is 0. The van der Waals surface area contributed by atoms with Gasteiger partial charge in [-0.25, -0.2) is 0 Å². The van der Waals surface area contributed by atoms with Crippen LogP contribution in [0.2, 0.25) is 0 Å². The van der Waals surface area contributed by atoms with Crippen molar-refractivity contribution in [1.82, 2.24) is 10.2 Å². The van der Waals surface area contributed by atoms with E-state index in [1.54, 1.807) is 0 Å². The van der Waals surface area contributed by atoms with Crippen LogP contribution in [0.5, 0.6) is 0 Å². The number of fused-ring (bicyclic) bond motifs is 2. The topological polar surface area (TPSA) is 15.3 Å². The maximum Gasteiger partial charge on any atom is 0.0111 e. The molecule has 2 nitrogen and oxygen atoms in total. The number of nitrogens with one attached hydrogen (secondary N) is 1. The summed E-state index contributed by atoms with van der Waals surface area (Å²) in [5.74, 6) is 1.83. The Hall–Kier alpha value is -0.0800. The van der Waals surface area contributed by atoms with E-state index >= 15 is 0 Å². The SMILES string of the molecule is CC1CCC(NC2CC3CCC(C2)N3C)C(C)C1. The normalized spacial score (nSPS) is 49.5. The van der Waals surface area contributed by atoms with Crippen LogP contribution < -0.4 is 5.32 Å². The first-order valence-corrected chi connectivity index (χ1v) is 8.11. The Balaban J connectivity index is 1.54. The standard InChI is InChI=1S/C16H30N2/c1-11-4-7-16(12(2)8-11)17-13-9-14-5-6-15(10-13)18(14)3/h11-17H,4-10H2,1-3H3. The molecular weight excluding hydrogens is 220 g/mol. The number of rotatable bonds is 2. The molecule has 0 amide bonds. The van der Waals surface area contributed by atoms with Crippen LogP contribution in [0, 0.1) is 11.8 Å². The van der Waals surface area contributed by atoms with Crippen molar-refractivity contribution in [2.45, 2.75) is 83.0 Å². The lowest BCUT2D eigenvalue weighted by molar-refractivity contribution is 0.125. The van der Waals surface area contributed by atoms with E-state index in [4.69, 9.17) is 0 Å². The first kappa shape index (κ1) is 12.9. The number of piperidine rings is 1. The van der Waals surface area contributed by atoms with Gasteiger partial charge in [0.05, 0.1) is 0 Å². The highest BCUT2D eigenvalue weighted by Gasteiger charge is 2.39. The molecule has 3 aliphatic rings. The van der Waals surface area contributed by atoms with E-state index in [0.29, 0.717) is 0 Å². The fourth-order valence-corrected chi connectivity index (χ4v) is 4.76. The van der Waals surface area contributed by atoms with Crippen molar-refractivity contribution in [2.75, 3.05) is 7.05 Å². The maximum atomic E-state index is 4.02. The molecule has 5 atom stereocenters. The summed E-state index contributed by atoms with van der Waals surface area (Å²) in [5.41, 5.74) is 0. The molecule has 0 spiro atoms. The van der Waals surface area contributed by atoms with Gasteiger partial charge in [-0.2, -0.15) is 0 Å². The molecule has 2 saturated heterocycles. The van der Waals surface area contributed by atoms with Crippen LogP contribution in [0.1, 0.15) is 58.8 Å². The lowest BCUT2D eigenvalue weighted by Gasteiger charge is -2.41. The molecule has 3 fully saturated rings. The van der Waals surface area contributed by atoms with E-state index in [9.17, 15) is 0 Å². The summed E-state index contributed by atoms with van der Waals surface area (Å²) in [6.45, 7) is 4.87. The number of hydrogen-bond acceptors (Lipinski definition) is 2. The average molecular weight is 250 g/mol. The molecule has 5 unspecified atom stereocenters. The van der Waals surface area contributed by atoms with Gasteiger partial charge in [0, 0.05) is 24.2 Å². The van der Waals surface area contributed by atoms with Gasteiger partial charge in [-0.1, -0.05) is 13.8 Å². The summed E-state index contributed by atoms with van der Waals surface area (Å²) in [5, 5.41) is 4.02.